The highest BCUT2D eigenvalue weighted by Crippen LogP contribution is 2.38. The second-order valence-electron chi connectivity index (χ2n) is 7.68. The van der Waals surface area contributed by atoms with E-state index in [1.54, 1.807) is 16.5 Å². The average molecular weight is 446 g/mol. The van der Waals surface area contributed by atoms with Crippen LogP contribution in [0.5, 0.6) is 0 Å². The Labute approximate surface area is 192 Å². The van der Waals surface area contributed by atoms with Gasteiger partial charge in [-0.1, -0.05) is 55.5 Å². The number of aryl methyl sites for hydroxylation is 1. The molecule has 170 valence electrons. The molecule has 0 radical (unpaired) electrons. The fourth-order valence-corrected chi connectivity index (χ4v) is 4.12. The lowest BCUT2D eigenvalue weighted by Crippen LogP contribution is -2.41. The van der Waals surface area contributed by atoms with Crippen LogP contribution >= 0.6 is 0 Å². The molecule has 0 spiro atoms. The van der Waals surface area contributed by atoms with Crippen molar-refractivity contribution in [3.63, 3.8) is 0 Å². The summed E-state index contributed by atoms with van der Waals surface area (Å²) in [4.78, 5) is 32.2. The number of carbonyl (C=O) groups is 2. The van der Waals surface area contributed by atoms with Crippen molar-refractivity contribution in [1.29, 1.82) is 0 Å². The van der Waals surface area contributed by atoms with Crippen LogP contribution in [-0.4, -0.2) is 39.8 Å². The Hall–Kier alpha value is -3.94. The lowest BCUT2D eigenvalue weighted by Gasteiger charge is -2.35. The van der Waals surface area contributed by atoms with E-state index in [1.165, 1.54) is 6.33 Å². The van der Waals surface area contributed by atoms with E-state index in [1.807, 2.05) is 68.4 Å². The van der Waals surface area contributed by atoms with Gasteiger partial charge in [-0.3, -0.25) is 4.79 Å². The second kappa shape index (κ2) is 9.68. The summed E-state index contributed by atoms with van der Waals surface area (Å²) in [6, 6.07) is 16.8. The molecule has 0 bridgehead atoms. The predicted molar refractivity (Wildman–Crippen MR) is 126 cm³/mol. The van der Waals surface area contributed by atoms with Crippen LogP contribution in [-0.2, 0) is 20.7 Å². The first-order valence-electron chi connectivity index (χ1n) is 11.0. The number of benzene rings is 2. The molecule has 1 aromatic heterocycles. The summed E-state index contributed by atoms with van der Waals surface area (Å²) in [5, 5.41) is 7.39. The van der Waals surface area contributed by atoms with E-state index in [4.69, 9.17) is 4.74 Å². The van der Waals surface area contributed by atoms with Crippen molar-refractivity contribution in [2.75, 3.05) is 23.4 Å². The van der Waals surface area contributed by atoms with Crippen molar-refractivity contribution >= 4 is 23.5 Å². The average Bonchev–Trinajstić information content (AvgIpc) is 3.31. The Morgan fingerprint density at radius 2 is 1.79 bits per heavy atom. The number of allylic oxidation sites excluding steroid dienone is 1. The zero-order valence-electron chi connectivity index (χ0n) is 19.0. The van der Waals surface area contributed by atoms with Crippen molar-refractivity contribution in [2.45, 2.75) is 33.2 Å². The minimum atomic E-state index is -0.497. The maximum atomic E-state index is 13.1. The minimum absolute atomic E-state index is 0.0208. The molecule has 8 nitrogen and oxygen atoms in total. The first kappa shape index (κ1) is 22.3. The standard InChI is InChI=1S/C25H27N5O3/c1-4-18-11-9-10-14-20(18)28-21(31)15-29-17(3)22(24(32)33-5-2)23(19-12-7-6-8-13-19)30-25(29)26-16-27-30/h6-14,16,23H,4-5,15H2,1-3H3,(H,28,31). The molecule has 8 heteroatoms. The molecule has 0 fully saturated rings. The fraction of sp³-hybridized carbons (Fsp3) is 0.280. The highest BCUT2D eigenvalue weighted by atomic mass is 16.5. The number of hydrogen-bond donors (Lipinski definition) is 1. The SMILES string of the molecule is CCOC(=O)C1=C(C)N(CC(=O)Nc2ccccc2CC)c2ncnn2C1c1ccccc1. The molecule has 2 aromatic carbocycles. The third-order valence-electron chi connectivity index (χ3n) is 5.69. The third kappa shape index (κ3) is 4.37. The molecule has 1 aliphatic rings. The summed E-state index contributed by atoms with van der Waals surface area (Å²) in [6.07, 6.45) is 2.24. The molecule has 33 heavy (non-hydrogen) atoms. The molecular weight excluding hydrogens is 418 g/mol. The van der Waals surface area contributed by atoms with E-state index in [-0.39, 0.29) is 19.1 Å². The maximum absolute atomic E-state index is 13.1. The topological polar surface area (TPSA) is 89.3 Å². The quantitative estimate of drug-likeness (QED) is 0.558. The van der Waals surface area contributed by atoms with Gasteiger partial charge in [0.1, 0.15) is 18.9 Å². The van der Waals surface area contributed by atoms with Crippen LogP contribution in [0.3, 0.4) is 0 Å². The van der Waals surface area contributed by atoms with Crippen LogP contribution in [0.1, 0.15) is 37.9 Å². The van der Waals surface area contributed by atoms with Gasteiger partial charge < -0.3 is 15.0 Å². The summed E-state index contributed by atoms with van der Waals surface area (Å²) in [6.45, 7) is 5.85. The number of hydrogen-bond acceptors (Lipinski definition) is 6. The molecule has 1 aliphatic heterocycles. The number of ether oxygens (including phenoxy) is 1. The number of esters is 1. The van der Waals surface area contributed by atoms with Crippen LogP contribution in [0.2, 0.25) is 0 Å². The number of rotatable bonds is 7. The normalized spacial score (nSPS) is 15.2. The zero-order valence-corrected chi connectivity index (χ0v) is 19.0. The van der Waals surface area contributed by atoms with Crippen molar-refractivity contribution in [3.05, 3.63) is 83.3 Å². The number of nitrogens with one attached hydrogen (secondary N) is 1. The molecule has 0 aliphatic carbocycles. The van der Waals surface area contributed by atoms with E-state index < -0.39 is 12.0 Å². The van der Waals surface area contributed by atoms with Crippen molar-refractivity contribution < 1.29 is 14.3 Å². The Balaban J connectivity index is 1.72. The van der Waals surface area contributed by atoms with Gasteiger partial charge in [-0.2, -0.15) is 10.1 Å². The van der Waals surface area contributed by atoms with Gasteiger partial charge in [-0.15, -0.1) is 0 Å². The van der Waals surface area contributed by atoms with Gasteiger partial charge in [0.05, 0.1) is 12.2 Å². The Bertz CT molecular complexity index is 1190. The smallest absolute Gasteiger partial charge is 0.338 e. The summed E-state index contributed by atoms with van der Waals surface area (Å²) in [5.41, 5.74) is 3.76. The molecule has 1 N–H and O–H groups in total. The number of para-hydroxylation sites is 1. The summed E-state index contributed by atoms with van der Waals surface area (Å²) < 4.78 is 7.06. The van der Waals surface area contributed by atoms with E-state index in [0.717, 1.165) is 23.2 Å². The molecule has 3 aromatic rings. The largest absolute Gasteiger partial charge is 0.463 e. The lowest BCUT2D eigenvalue weighted by atomic mass is 9.95. The molecule has 2 heterocycles. The van der Waals surface area contributed by atoms with Crippen LogP contribution < -0.4 is 10.2 Å². The first-order valence-corrected chi connectivity index (χ1v) is 11.0. The monoisotopic (exact) mass is 445 g/mol. The summed E-state index contributed by atoms with van der Waals surface area (Å²) in [7, 11) is 0. The van der Waals surface area contributed by atoms with Crippen LogP contribution in [0.15, 0.2) is 72.2 Å². The third-order valence-corrected chi connectivity index (χ3v) is 5.69. The lowest BCUT2D eigenvalue weighted by molar-refractivity contribution is -0.139. The van der Waals surface area contributed by atoms with Crippen molar-refractivity contribution in [1.82, 2.24) is 14.8 Å². The minimum Gasteiger partial charge on any atom is -0.463 e. The molecule has 0 saturated heterocycles. The number of nitrogens with zero attached hydrogens (tertiary/aromatic N) is 4. The number of amides is 1. The second-order valence-corrected chi connectivity index (χ2v) is 7.68. The van der Waals surface area contributed by atoms with Gasteiger partial charge in [0, 0.05) is 11.4 Å². The molecular formula is C25H27N5O3. The fourth-order valence-electron chi connectivity index (χ4n) is 4.12. The number of carbonyl (C=O) groups excluding carboxylic acids is 2. The van der Waals surface area contributed by atoms with Crippen LogP contribution in [0.25, 0.3) is 0 Å². The van der Waals surface area contributed by atoms with Gasteiger partial charge >= 0.3 is 5.97 Å². The molecule has 1 unspecified atom stereocenters. The number of aromatic nitrogens is 3. The van der Waals surface area contributed by atoms with Gasteiger partial charge in [-0.25, -0.2) is 9.48 Å². The molecule has 4 rings (SSSR count). The number of anilines is 2. The number of fused-ring (bicyclic) bond motifs is 1. The van der Waals surface area contributed by atoms with E-state index in [2.05, 4.69) is 15.4 Å². The Morgan fingerprint density at radius 3 is 2.52 bits per heavy atom. The van der Waals surface area contributed by atoms with E-state index in [9.17, 15) is 9.59 Å². The molecule has 1 atom stereocenters. The maximum Gasteiger partial charge on any atom is 0.338 e. The van der Waals surface area contributed by atoms with Crippen molar-refractivity contribution in [3.8, 4) is 0 Å². The van der Waals surface area contributed by atoms with Gasteiger partial charge in [0.15, 0.2) is 0 Å². The predicted octanol–water partition coefficient (Wildman–Crippen LogP) is 3.73. The highest BCUT2D eigenvalue weighted by Gasteiger charge is 2.38. The summed E-state index contributed by atoms with van der Waals surface area (Å²) >= 11 is 0. The van der Waals surface area contributed by atoms with Crippen LogP contribution in [0, 0.1) is 0 Å². The van der Waals surface area contributed by atoms with E-state index >= 15 is 0 Å². The zero-order chi connectivity index (χ0) is 23.4. The van der Waals surface area contributed by atoms with Crippen molar-refractivity contribution in [2.24, 2.45) is 0 Å². The first-order chi connectivity index (χ1) is 16.0. The summed E-state index contributed by atoms with van der Waals surface area (Å²) in [5.74, 6) is -0.161. The van der Waals surface area contributed by atoms with Gasteiger partial charge in [0.2, 0.25) is 11.9 Å². The Morgan fingerprint density at radius 1 is 1.06 bits per heavy atom. The van der Waals surface area contributed by atoms with E-state index in [0.29, 0.717) is 17.2 Å². The highest BCUT2D eigenvalue weighted by molar-refractivity contribution is 5.97. The van der Waals surface area contributed by atoms with Gasteiger partial charge in [0.25, 0.3) is 0 Å². The van der Waals surface area contributed by atoms with Crippen LogP contribution in [0.4, 0.5) is 11.6 Å². The van der Waals surface area contributed by atoms with Gasteiger partial charge in [-0.05, 0) is 37.5 Å². The molecule has 1 amide bonds. The molecule has 0 saturated carbocycles. The Kier molecular flexibility index (Phi) is 6.53.